The Kier molecular flexibility index (Phi) is 4.49. The van der Waals surface area contributed by atoms with Crippen molar-refractivity contribution in [1.29, 1.82) is 0 Å². The predicted octanol–water partition coefficient (Wildman–Crippen LogP) is 3.87. The summed E-state index contributed by atoms with van der Waals surface area (Å²) in [4.78, 5) is 10.4. The summed E-state index contributed by atoms with van der Waals surface area (Å²) in [6.07, 6.45) is 5.47. The normalized spacial score (nSPS) is 10.8. The number of allylic oxidation sites excluding steroid dienone is 2. The van der Waals surface area contributed by atoms with Gasteiger partial charge in [0.15, 0.2) is 0 Å². The van der Waals surface area contributed by atoms with Gasteiger partial charge in [-0.1, -0.05) is 28.1 Å². The van der Waals surface area contributed by atoms with Gasteiger partial charge in [0.25, 0.3) is 5.69 Å². The molecule has 0 N–H and O–H groups in total. The lowest BCUT2D eigenvalue weighted by Gasteiger charge is -2.01. The maximum atomic E-state index is 10.7. The molecule has 0 saturated carbocycles. The smallest absolute Gasteiger partial charge is 0.258 e. The lowest BCUT2D eigenvalue weighted by atomic mass is 10.1. The highest BCUT2D eigenvalue weighted by Crippen LogP contribution is 2.24. The lowest BCUT2D eigenvalue weighted by Crippen LogP contribution is -1.95. The van der Waals surface area contributed by atoms with Gasteiger partial charge in [-0.25, -0.2) is 0 Å². The van der Waals surface area contributed by atoms with Crippen molar-refractivity contribution < 1.29 is 4.92 Å². The molecule has 0 aromatic heterocycles. The molecular weight excluding hydrogens is 258 g/mol. The Labute approximate surface area is 97.1 Å². The van der Waals surface area contributed by atoms with Gasteiger partial charge >= 0.3 is 0 Å². The summed E-state index contributed by atoms with van der Waals surface area (Å²) < 4.78 is 0.878. The van der Waals surface area contributed by atoms with Crippen molar-refractivity contribution in [1.82, 2.24) is 0 Å². The van der Waals surface area contributed by atoms with Crippen molar-refractivity contribution >= 4 is 21.6 Å². The average Bonchev–Trinajstić information content (AvgIpc) is 2.18. The standard InChI is InChI=1S/C11H12BrNO2/c1-2-3-4-5-9-8-10(12)6-7-11(9)13(14)15/h2-3,6-8H,4-5H2,1H3. The van der Waals surface area contributed by atoms with Crippen molar-refractivity contribution in [2.24, 2.45) is 0 Å². The van der Waals surface area contributed by atoms with Crippen molar-refractivity contribution in [2.45, 2.75) is 19.8 Å². The average molecular weight is 270 g/mol. The summed E-state index contributed by atoms with van der Waals surface area (Å²) in [6, 6.07) is 5.04. The van der Waals surface area contributed by atoms with Gasteiger partial charge in [-0.3, -0.25) is 10.1 Å². The number of nitro benzene ring substituents is 1. The Bertz CT molecular complexity index is 388. The van der Waals surface area contributed by atoms with E-state index in [0.717, 1.165) is 16.5 Å². The van der Waals surface area contributed by atoms with Crippen molar-refractivity contribution in [3.63, 3.8) is 0 Å². The van der Waals surface area contributed by atoms with E-state index in [1.807, 2.05) is 25.1 Å². The number of hydrogen-bond acceptors (Lipinski definition) is 2. The molecule has 1 rings (SSSR count). The molecule has 0 atom stereocenters. The van der Waals surface area contributed by atoms with Crippen LogP contribution in [0.3, 0.4) is 0 Å². The first kappa shape index (κ1) is 11.9. The van der Waals surface area contributed by atoms with E-state index in [4.69, 9.17) is 0 Å². The van der Waals surface area contributed by atoms with Gasteiger partial charge in [0, 0.05) is 16.1 Å². The van der Waals surface area contributed by atoms with E-state index in [2.05, 4.69) is 15.9 Å². The first-order valence-electron chi connectivity index (χ1n) is 4.69. The predicted molar refractivity (Wildman–Crippen MR) is 63.9 cm³/mol. The summed E-state index contributed by atoms with van der Waals surface area (Å²) in [5.41, 5.74) is 0.968. The van der Waals surface area contributed by atoms with E-state index in [9.17, 15) is 10.1 Å². The minimum atomic E-state index is -0.336. The molecule has 1 aromatic carbocycles. The van der Waals surface area contributed by atoms with E-state index in [1.165, 1.54) is 6.07 Å². The summed E-state index contributed by atoms with van der Waals surface area (Å²) in [5, 5.41) is 10.7. The van der Waals surface area contributed by atoms with Gasteiger partial charge < -0.3 is 0 Å². The molecular formula is C11H12BrNO2. The van der Waals surface area contributed by atoms with Crippen molar-refractivity contribution in [2.75, 3.05) is 0 Å². The second kappa shape index (κ2) is 5.66. The number of aryl methyl sites for hydroxylation is 1. The lowest BCUT2D eigenvalue weighted by molar-refractivity contribution is -0.385. The number of nitrogens with zero attached hydrogens (tertiary/aromatic N) is 1. The zero-order valence-corrected chi connectivity index (χ0v) is 10.0. The fourth-order valence-corrected chi connectivity index (χ4v) is 1.75. The first-order chi connectivity index (χ1) is 7.15. The van der Waals surface area contributed by atoms with Crippen LogP contribution >= 0.6 is 15.9 Å². The molecule has 0 aliphatic carbocycles. The molecule has 3 nitrogen and oxygen atoms in total. The highest BCUT2D eigenvalue weighted by molar-refractivity contribution is 9.10. The maximum Gasteiger partial charge on any atom is 0.272 e. The Morgan fingerprint density at radius 2 is 2.27 bits per heavy atom. The highest BCUT2D eigenvalue weighted by atomic mass is 79.9. The van der Waals surface area contributed by atoms with E-state index < -0.39 is 0 Å². The van der Waals surface area contributed by atoms with Crippen LogP contribution in [0, 0.1) is 10.1 Å². The van der Waals surface area contributed by atoms with Crippen molar-refractivity contribution in [3.8, 4) is 0 Å². The molecule has 0 aliphatic heterocycles. The Morgan fingerprint density at radius 1 is 1.53 bits per heavy atom. The molecule has 0 spiro atoms. The van der Waals surface area contributed by atoms with Crippen LogP contribution < -0.4 is 0 Å². The minimum absolute atomic E-state index is 0.197. The van der Waals surface area contributed by atoms with E-state index in [1.54, 1.807) is 6.07 Å². The molecule has 0 unspecified atom stereocenters. The summed E-state index contributed by atoms with van der Waals surface area (Å²) in [6.45, 7) is 1.94. The third-order valence-electron chi connectivity index (χ3n) is 2.05. The highest BCUT2D eigenvalue weighted by Gasteiger charge is 2.12. The monoisotopic (exact) mass is 269 g/mol. The SMILES string of the molecule is CC=CCCc1cc(Br)ccc1[N+](=O)[O-]. The zero-order valence-electron chi connectivity index (χ0n) is 8.44. The molecule has 0 fully saturated rings. The molecule has 0 heterocycles. The molecule has 4 heteroatoms. The summed E-state index contributed by atoms with van der Waals surface area (Å²) >= 11 is 3.31. The van der Waals surface area contributed by atoms with Crippen LogP contribution in [0.15, 0.2) is 34.8 Å². The van der Waals surface area contributed by atoms with Crippen molar-refractivity contribution in [3.05, 3.63) is 50.5 Å². The summed E-state index contributed by atoms with van der Waals surface area (Å²) in [7, 11) is 0. The van der Waals surface area contributed by atoms with Crippen LogP contribution in [0.4, 0.5) is 5.69 Å². The van der Waals surface area contributed by atoms with E-state index in [0.29, 0.717) is 6.42 Å². The summed E-state index contributed by atoms with van der Waals surface area (Å²) in [5.74, 6) is 0. The fraction of sp³-hybridized carbons (Fsp3) is 0.273. The molecule has 15 heavy (non-hydrogen) atoms. The van der Waals surface area contributed by atoms with Gasteiger partial charge in [-0.2, -0.15) is 0 Å². The van der Waals surface area contributed by atoms with Crippen LogP contribution in [-0.2, 0) is 6.42 Å². The molecule has 0 saturated heterocycles. The maximum absolute atomic E-state index is 10.7. The van der Waals surface area contributed by atoms with Gasteiger partial charge in [0.1, 0.15) is 0 Å². The Morgan fingerprint density at radius 3 is 2.87 bits per heavy atom. The topological polar surface area (TPSA) is 43.1 Å². The largest absolute Gasteiger partial charge is 0.272 e. The third kappa shape index (κ3) is 3.47. The van der Waals surface area contributed by atoms with Crippen LogP contribution in [0.1, 0.15) is 18.9 Å². The molecule has 0 bridgehead atoms. The zero-order chi connectivity index (χ0) is 11.3. The van der Waals surface area contributed by atoms with Crippen LogP contribution in [0.2, 0.25) is 0 Å². The molecule has 0 radical (unpaired) electrons. The second-order valence-electron chi connectivity index (χ2n) is 3.14. The third-order valence-corrected chi connectivity index (χ3v) is 2.55. The number of nitro groups is 1. The second-order valence-corrected chi connectivity index (χ2v) is 4.05. The fourth-order valence-electron chi connectivity index (χ4n) is 1.34. The molecule has 0 aliphatic rings. The number of rotatable bonds is 4. The van der Waals surface area contributed by atoms with Gasteiger partial charge in [-0.15, -0.1) is 0 Å². The Balaban J connectivity index is 2.91. The van der Waals surface area contributed by atoms with Gasteiger partial charge in [-0.05, 0) is 31.9 Å². The van der Waals surface area contributed by atoms with Gasteiger partial charge in [0.2, 0.25) is 0 Å². The van der Waals surface area contributed by atoms with Crippen LogP contribution in [0.5, 0.6) is 0 Å². The molecule has 80 valence electrons. The number of benzene rings is 1. The molecule has 1 aromatic rings. The van der Waals surface area contributed by atoms with Crippen LogP contribution in [-0.4, -0.2) is 4.92 Å². The van der Waals surface area contributed by atoms with Gasteiger partial charge in [0.05, 0.1) is 4.92 Å². The van der Waals surface area contributed by atoms with E-state index in [-0.39, 0.29) is 10.6 Å². The first-order valence-corrected chi connectivity index (χ1v) is 5.48. The number of hydrogen-bond donors (Lipinski definition) is 0. The quantitative estimate of drug-likeness (QED) is 0.473. The molecule has 0 amide bonds. The number of halogens is 1. The Hall–Kier alpha value is -1.16. The minimum Gasteiger partial charge on any atom is -0.258 e. The van der Waals surface area contributed by atoms with Crippen LogP contribution in [0.25, 0.3) is 0 Å². The van der Waals surface area contributed by atoms with E-state index >= 15 is 0 Å².